The van der Waals surface area contributed by atoms with E-state index in [1.807, 2.05) is 12.3 Å². The van der Waals surface area contributed by atoms with Crippen LogP contribution >= 0.6 is 27.5 Å². The lowest BCUT2D eigenvalue weighted by Crippen LogP contribution is -2.33. The lowest BCUT2D eigenvalue weighted by atomic mass is 10.1. The van der Waals surface area contributed by atoms with E-state index >= 15 is 0 Å². The third-order valence-electron chi connectivity index (χ3n) is 3.39. The highest BCUT2D eigenvalue weighted by atomic mass is 79.9. The molecule has 0 bridgehead atoms. The van der Waals surface area contributed by atoms with E-state index < -0.39 is 0 Å². The highest BCUT2D eigenvalue weighted by Crippen LogP contribution is 2.28. The molecule has 1 aromatic rings. The molecule has 1 fully saturated rings. The number of hydrogen-bond acceptors (Lipinski definition) is 2. The Morgan fingerprint density at radius 1 is 1.62 bits per heavy atom. The van der Waals surface area contributed by atoms with Crippen LogP contribution in [-0.4, -0.2) is 27.8 Å². The Bertz CT molecular complexity index is 359. The maximum absolute atomic E-state index is 6.13. The topological polar surface area (TPSA) is 16.1 Å². The Balaban J connectivity index is 2.08. The fourth-order valence-corrected chi connectivity index (χ4v) is 3.51. The van der Waals surface area contributed by atoms with Gasteiger partial charge in [0.2, 0.25) is 0 Å². The van der Waals surface area contributed by atoms with Crippen LogP contribution in [0, 0.1) is 5.92 Å². The lowest BCUT2D eigenvalue weighted by Gasteiger charge is -2.25. The number of alkyl halides is 1. The molecule has 2 rings (SSSR count). The van der Waals surface area contributed by atoms with E-state index in [2.05, 4.69) is 32.7 Å². The highest BCUT2D eigenvalue weighted by molar-refractivity contribution is 9.09. The molecule has 0 amide bonds. The molecule has 1 aromatic heterocycles. The van der Waals surface area contributed by atoms with Gasteiger partial charge in [-0.3, -0.25) is 9.88 Å². The van der Waals surface area contributed by atoms with Crippen molar-refractivity contribution in [2.45, 2.75) is 25.9 Å². The first kappa shape index (κ1) is 12.3. The van der Waals surface area contributed by atoms with Crippen molar-refractivity contribution >= 4 is 27.5 Å². The highest BCUT2D eigenvalue weighted by Gasteiger charge is 2.30. The van der Waals surface area contributed by atoms with Crippen LogP contribution in [0.1, 0.15) is 18.9 Å². The number of aromatic nitrogens is 1. The largest absolute Gasteiger partial charge is 0.295 e. The van der Waals surface area contributed by atoms with Gasteiger partial charge in [-0.1, -0.05) is 34.5 Å². The minimum absolute atomic E-state index is 0.629. The molecule has 2 heterocycles. The minimum atomic E-state index is 0.629. The molecule has 2 unspecified atom stereocenters. The molecule has 4 heteroatoms. The van der Waals surface area contributed by atoms with Crippen molar-refractivity contribution in [1.29, 1.82) is 0 Å². The molecular weight excluding hydrogens is 288 g/mol. The van der Waals surface area contributed by atoms with Gasteiger partial charge >= 0.3 is 0 Å². The van der Waals surface area contributed by atoms with Crippen molar-refractivity contribution < 1.29 is 0 Å². The molecule has 0 spiro atoms. The summed E-state index contributed by atoms with van der Waals surface area (Å²) in [6, 6.07) is 2.64. The fourth-order valence-electron chi connectivity index (χ4n) is 2.28. The molecule has 0 aromatic carbocycles. The summed E-state index contributed by atoms with van der Waals surface area (Å²) in [7, 11) is 0. The normalized spacial score (nSPS) is 26.2. The van der Waals surface area contributed by atoms with Crippen LogP contribution in [0.5, 0.6) is 0 Å². The summed E-state index contributed by atoms with van der Waals surface area (Å²) in [6.07, 6.45) is 4.81. The monoisotopic (exact) mass is 302 g/mol. The van der Waals surface area contributed by atoms with E-state index in [0.29, 0.717) is 6.04 Å². The summed E-state index contributed by atoms with van der Waals surface area (Å²) < 4.78 is 0. The molecule has 0 aliphatic carbocycles. The molecule has 0 N–H and O–H groups in total. The number of pyridine rings is 1. The third kappa shape index (κ3) is 2.58. The Hall–Kier alpha value is -0.120. The van der Waals surface area contributed by atoms with Crippen LogP contribution in [0.15, 0.2) is 18.5 Å². The summed E-state index contributed by atoms with van der Waals surface area (Å²) in [6.45, 7) is 4.41. The standard InChI is InChI=1S/C12H16BrClN2/c1-9-3-5-16(12(9)6-13)8-10-2-4-15-7-11(10)14/h2,4,7,9,12H,3,5-6,8H2,1H3. The second-order valence-electron chi connectivity index (χ2n) is 4.43. The molecule has 16 heavy (non-hydrogen) atoms. The maximum Gasteiger partial charge on any atom is 0.0634 e. The number of likely N-dealkylation sites (tertiary alicyclic amines) is 1. The van der Waals surface area contributed by atoms with Crippen molar-refractivity contribution in [3.63, 3.8) is 0 Å². The van der Waals surface area contributed by atoms with Crippen molar-refractivity contribution in [3.8, 4) is 0 Å². The number of hydrogen-bond donors (Lipinski definition) is 0. The molecular formula is C12H16BrClN2. The Kier molecular flexibility index (Phi) is 4.22. The van der Waals surface area contributed by atoms with Crippen molar-refractivity contribution in [3.05, 3.63) is 29.0 Å². The van der Waals surface area contributed by atoms with Crippen LogP contribution in [0.4, 0.5) is 0 Å². The predicted molar refractivity (Wildman–Crippen MR) is 71.0 cm³/mol. The van der Waals surface area contributed by atoms with E-state index in [9.17, 15) is 0 Å². The minimum Gasteiger partial charge on any atom is -0.295 e. The van der Waals surface area contributed by atoms with Crippen molar-refractivity contribution in [1.82, 2.24) is 9.88 Å². The van der Waals surface area contributed by atoms with Crippen molar-refractivity contribution in [2.24, 2.45) is 5.92 Å². The zero-order valence-electron chi connectivity index (χ0n) is 9.37. The Labute approximate surface area is 110 Å². The third-order valence-corrected chi connectivity index (χ3v) is 4.39. The van der Waals surface area contributed by atoms with Crippen LogP contribution in [-0.2, 0) is 6.54 Å². The zero-order chi connectivity index (χ0) is 11.5. The first-order valence-electron chi connectivity index (χ1n) is 5.60. The summed E-state index contributed by atoms with van der Waals surface area (Å²) in [5, 5.41) is 1.81. The van der Waals surface area contributed by atoms with E-state index in [0.717, 1.165) is 29.4 Å². The van der Waals surface area contributed by atoms with E-state index in [4.69, 9.17) is 11.6 Å². The molecule has 0 saturated carbocycles. The number of halogens is 2. The number of nitrogens with zero attached hydrogens (tertiary/aromatic N) is 2. The average Bonchev–Trinajstić information content (AvgIpc) is 2.63. The van der Waals surface area contributed by atoms with E-state index in [1.54, 1.807) is 6.20 Å². The van der Waals surface area contributed by atoms with Gasteiger partial charge in [-0.25, -0.2) is 0 Å². The molecule has 2 nitrogen and oxygen atoms in total. The van der Waals surface area contributed by atoms with Gasteiger partial charge in [0.05, 0.1) is 5.02 Å². The van der Waals surface area contributed by atoms with Gasteiger partial charge < -0.3 is 0 Å². The maximum atomic E-state index is 6.13. The molecule has 2 atom stereocenters. The summed E-state index contributed by atoms with van der Waals surface area (Å²) >= 11 is 9.73. The Morgan fingerprint density at radius 3 is 3.12 bits per heavy atom. The van der Waals surface area contributed by atoms with Gasteiger partial charge in [-0.15, -0.1) is 0 Å². The van der Waals surface area contributed by atoms with Crippen LogP contribution < -0.4 is 0 Å². The summed E-state index contributed by atoms with van der Waals surface area (Å²) in [5.41, 5.74) is 1.18. The summed E-state index contributed by atoms with van der Waals surface area (Å²) in [5.74, 6) is 0.764. The molecule has 1 saturated heterocycles. The van der Waals surface area contributed by atoms with Gasteiger partial charge in [0, 0.05) is 30.3 Å². The second-order valence-corrected chi connectivity index (χ2v) is 5.48. The fraction of sp³-hybridized carbons (Fsp3) is 0.583. The summed E-state index contributed by atoms with van der Waals surface area (Å²) in [4.78, 5) is 6.51. The molecule has 88 valence electrons. The molecule has 1 aliphatic rings. The molecule has 0 radical (unpaired) electrons. The van der Waals surface area contributed by atoms with Gasteiger partial charge in [-0.2, -0.15) is 0 Å². The van der Waals surface area contributed by atoms with Gasteiger partial charge in [-0.05, 0) is 30.5 Å². The second kappa shape index (κ2) is 5.48. The first-order chi connectivity index (χ1) is 7.72. The zero-order valence-corrected chi connectivity index (χ0v) is 11.7. The predicted octanol–water partition coefficient (Wildman–Crippen LogP) is 3.34. The molecule has 1 aliphatic heterocycles. The van der Waals surface area contributed by atoms with Gasteiger partial charge in [0.25, 0.3) is 0 Å². The number of rotatable bonds is 3. The van der Waals surface area contributed by atoms with Gasteiger partial charge in [0.15, 0.2) is 0 Å². The lowest BCUT2D eigenvalue weighted by molar-refractivity contribution is 0.244. The SMILES string of the molecule is CC1CCN(Cc2ccncc2Cl)C1CBr. The van der Waals surface area contributed by atoms with E-state index in [1.165, 1.54) is 12.0 Å². The first-order valence-corrected chi connectivity index (χ1v) is 7.10. The van der Waals surface area contributed by atoms with Crippen LogP contribution in [0.3, 0.4) is 0 Å². The van der Waals surface area contributed by atoms with Crippen LogP contribution in [0.2, 0.25) is 5.02 Å². The van der Waals surface area contributed by atoms with E-state index in [-0.39, 0.29) is 0 Å². The van der Waals surface area contributed by atoms with Gasteiger partial charge in [0.1, 0.15) is 0 Å². The smallest absolute Gasteiger partial charge is 0.0634 e. The average molecular weight is 304 g/mol. The Morgan fingerprint density at radius 2 is 2.44 bits per heavy atom. The quantitative estimate of drug-likeness (QED) is 0.796. The van der Waals surface area contributed by atoms with Crippen molar-refractivity contribution in [2.75, 3.05) is 11.9 Å². The van der Waals surface area contributed by atoms with Crippen LogP contribution in [0.25, 0.3) is 0 Å².